The van der Waals surface area contributed by atoms with Crippen molar-refractivity contribution in [3.05, 3.63) is 71.7 Å². The number of anilines is 2. The highest BCUT2D eigenvalue weighted by atomic mass is 32.2. The molecule has 2 N–H and O–H groups in total. The van der Waals surface area contributed by atoms with Crippen LogP contribution in [-0.2, 0) is 14.8 Å². The molecular weight excluding hydrogens is 434 g/mol. The number of ether oxygens (including phenoxy) is 1. The number of sulfonamides is 1. The van der Waals surface area contributed by atoms with Crippen LogP contribution in [0.15, 0.2) is 71.1 Å². The number of nitrogens with zero attached hydrogens (tertiary/aromatic N) is 1. The van der Waals surface area contributed by atoms with Gasteiger partial charge in [0.2, 0.25) is 5.91 Å². The van der Waals surface area contributed by atoms with Crippen molar-refractivity contribution in [1.29, 1.82) is 0 Å². The predicted octanol–water partition coefficient (Wildman–Crippen LogP) is 4.77. The average Bonchev–Trinajstić information content (AvgIpc) is 3.26. The van der Waals surface area contributed by atoms with Crippen molar-refractivity contribution in [3.63, 3.8) is 0 Å². The molecule has 0 radical (unpaired) electrons. The second kappa shape index (κ2) is 10.7. The molecule has 1 heterocycles. The highest BCUT2D eigenvalue weighted by molar-refractivity contribution is 7.93. The highest BCUT2D eigenvalue weighted by Gasteiger charge is 2.15. The van der Waals surface area contributed by atoms with Crippen molar-refractivity contribution >= 4 is 44.2 Å². The Hall–Kier alpha value is -3.17. The third-order valence-electron chi connectivity index (χ3n) is 4.16. The third kappa shape index (κ3) is 6.94. The average molecular weight is 458 g/mol. The fraction of sp³-hybridized carbons (Fsp3) is 0.182. The lowest BCUT2D eigenvalue weighted by molar-refractivity contribution is -0.111. The van der Waals surface area contributed by atoms with Crippen LogP contribution in [0, 0.1) is 0 Å². The Balaban J connectivity index is 1.54. The van der Waals surface area contributed by atoms with Gasteiger partial charge in [0.05, 0.1) is 11.5 Å². The zero-order valence-electron chi connectivity index (χ0n) is 16.9. The van der Waals surface area contributed by atoms with Crippen molar-refractivity contribution < 1.29 is 17.9 Å². The van der Waals surface area contributed by atoms with Gasteiger partial charge in [-0.2, -0.15) is 0 Å². The Kier molecular flexibility index (Phi) is 7.80. The summed E-state index contributed by atoms with van der Waals surface area (Å²) in [6.07, 6.45) is 6.73. The second-order valence-corrected chi connectivity index (χ2v) is 9.14. The lowest BCUT2D eigenvalue weighted by Gasteiger charge is -2.07. The van der Waals surface area contributed by atoms with E-state index in [4.69, 9.17) is 4.74 Å². The third-order valence-corrected chi connectivity index (χ3v) is 6.33. The molecule has 3 aromatic rings. The molecule has 0 fully saturated rings. The highest BCUT2D eigenvalue weighted by Crippen LogP contribution is 2.20. The Morgan fingerprint density at radius 3 is 2.52 bits per heavy atom. The summed E-state index contributed by atoms with van der Waals surface area (Å²) in [5.41, 5.74) is 1.36. The summed E-state index contributed by atoms with van der Waals surface area (Å²) in [6.45, 7) is 2.80. The van der Waals surface area contributed by atoms with E-state index in [-0.39, 0.29) is 10.8 Å². The van der Waals surface area contributed by atoms with Gasteiger partial charge in [0.25, 0.3) is 10.0 Å². The molecule has 1 amide bonds. The van der Waals surface area contributed by atoms with Crippen molar-refractivity contribution in [3.8, 4) is 5.75 Å². The molecule has 31 heavy (non-hydrogen) atoms. The van der Waals surface area contributed by atoms with Crippen LogP contribution < -0.4 is 14.8 Å². The van der Waals surface area contributed by atoms with Crippen LogP contribution in [0.4, 0.5) is 10.8 Å². The number of thiazole rings is 1. The lowest BCUT2D eigenvalue weighted by Crippen LogP contribution is -2.13. The van der Waals surface area contributed by atoms with Crippen LogP contribution in [0.2, 0.25) is 0 Å². The van der Waals surface area contributed by atoms with Gasteiger partial charge in [0.1, 0.15) is 5.75 Å². The molecule has 0 bridgehead atoms. The van der Waals surface area contributed by atoms with E-state index in [9.17, 15) is 13.2 Å². The first-order valence-electron chi connectivity index (χ1n) is 9.70. The van der Waals surface area contributed by atoms with E-state index in [0.717, 1.165) is 24.2 Å². The molecule has 0 saturated heterocycles. The van der Waals surface area contributed by atoms with Crippen LogP contribution in [0.5, 0.6) is 5.75 Å². The minimum Gasteiger partial charge on any atom is -0.494 e. The second-order valence-electron chi connectivity index (χ2n) is 6.56. The summed E-state index contributed by atoms with van der Waals surface area (Å²) < 4.78 is 32.7. The van der Waals surface area contributed by atoms with Crippen molar-refractivity contribution in [2.75, 3.05) is 16.6 Å². The SMILES string of the molecule is CCCCOc1ccc(C=CC(=O)Nc2ccc(S(=O)(=O)Nc3nccs3)cc2)cc1. The smallest absolute Gasteiger partial charge is 0.263 e. The number of unbranched alkanes of at least 4 members (excludes halogenated alkanes) is 1. The van der Waals surface area contributed by atoms with Gasteiger partial charge in [-0.1, -0.05) is 25.5 Å². The van der Waals surface area contributed by atoms with E-state index in [2.05, 4.69) is 21.9 Å². The summed E-state index contributed by atoms with van der Waals surface area (Å²) in [6, 6.07) is 13.4. The van der Waals surface area contributed by atoms with Crippen LogP contribution in [0.25, 0.3) is 6.08 Å². The number of aromatic nitrogens is 1. The number of hydrogen-bond acceptors (Lipinski definition) is 6. The maximum Gasteiger partial charge on any atom is 0.263 e. The summed E-state index contributed by atoms with van der Waals surface area (Å²) >= 11 is 1.19. The Morgan fingerprint density at radius 1 is 1.13 bits per heavy atom. The molecule has 3 rings (SSSR count). The first kappa shape index (κ1) is 22.5. The molecule has 0 atom stereocenters. The van der Waals surface area contributed by atoms with Crippen molar-refractivity contribution in [2.45, 2.75) is 24.7 Å². The van der Waals surface area contributed by atoms with Gasteiger partial charge in [-0.05, 0) is 54.5 Å². The summed E-state index contributed by atoms with van der Waals surface area (Å²) in [7, 11) is -3.72. The summed E-state index contributed by atoms with van der Waals surface area (Å²) in [5.74, 6) is 0.481. The van der Waals surface area contributed by atoms with Gasteiger partial charge in [0, 0.05) is 23.3 Å². The summed E-state index contributed by atoms with van der Waals surface area (Å²) in [5, 5.41) is 4.68. The maximum absolute atomic E-state index is 12.3. The van der Waals surface area contributed by atoms with Crippen LogP contribution in [-0.4, -0.2) is 25.9 Å². The van der Waals surface area contributed by atoms with Gasteiger partial charge in [0.15, 0.2) is 5.13 Å². The number of carbonyl (C=O) groups excluding carboxylic acids is 1. The van der Waals surface area contributed by atoms with Crippen molar-refractivity contribution in [1.82, 2.24) is 4.98 Å². The van der Waals surface area contributed by atoms with E-state index in [0.29, 0.717) is 17.4 Å². The Labute approximate surface area is 185 Å². The van der Waals surface area contributed by atoms with Crippen LogP contribution >= 0.6 is 11.3 Å². The van der Waals surface area contributed by atoms with Gasteiger partial charge < -0.3 is 10.1 Å². The molecule has 2 aromatic carbocycles. The van der Waals surface area contributed by atoms with Gasteiger partial charge in [-0.15, -0.1) is 11.3 Å². The van der Waals surface area contributed by atoms with E-state index >= 15 is 0 Å². The monoisotopic (exact) mass is 457 g/mol. The minimum atomic E-state index is -3.72. The molecule has 1 aromatic heterocycles. The summed E-state index contributed by atoms with van der Waals surface area (Å²) in [4.78, 5) is 16.1. The first-order valence-corrected chi connectivity index (χ1v) is 12.1. The fourth-order valence-corrected chi connectivity index (χ4v) is 4.32. The van der Waals surface area contributed by atoms with Crippen LogP contribution in [0.3, 0.4) is 0 Å². The Morgan fingerprint density at radius 2 is 1.87 bits per heavy atom. The van der Waals surface area contributed by atoms with Crippen molar-refractivity contribution in [2.24, 2.45) is 0 Å². The van der Waals surface area contributed by atoms with E-state index in [1.54, 1.807) is 11.5 Å². The molecule has 0 saturated carbocycles. The van der Waals surface area contributed by atoms with Gasteiger partial charge in [-0.3, -0.25) is 9.52 Å². The molecule has 7 nitrogen and oxygen atoms in total. The lowest BCUT2D eigenvalue weighted by atomic mass is 10.2. The Bertz CT molecular complexity index is 1110. The zero-order chi connectivity index (χ0) is 22.1. The molecular formula is C22H23N3O4S2. The molecule has 0 unspecified atom stereocenters. The number of nitrogens with one attached hydrogen (secondary N) is 2. The van der Waals surface area contributed by atoms with Gasteiger partial charge >= 0.3 is 0 Å². The zero-order valence-corrected chi connectivity index (χ0v) is 18.6. The quantitative estimate of drug-likeness (QED) is 0.337. The molecule has 162 valence electrons. The predicted molar refractivity (Wildman–Crippen MR) is 124 cm³/mol. The number of benzene rings is 2. The van der Waals surface area contributed by atoms with E-state index < -0.39 is 10.0 Å². The standard InChI is InChI=1S/C22H23N3O4S2/c1-2-3-15-29-19-9-4-17(5-10-19)6-13-21(26)24-18-7-11-20(12-8-18)31(27,28)25-22-23-14-16-30-22/h4-14,16H,2-3,15H2,1H3,(H,23,25)(H,24,26). The molecule has 0 aliphatic heterocycles. The molecule has 9 heteroatoms. The fourth-order valence-electron chi connectivity index (χ4n) is 2.53. The number of hydrogen-bond donors (Lipinski definition) is 2. The minimum absolute atomic E-state index is 0.0810. The number of rotatable bonds is 10. The van der Waals surface area contributed by atoms with E-state index in [1.165, 1.54) is 47.9 Å². The van der Waals surface area contributed by atoms with Crippen LogP contribution in [0.1, 0.15) is 25.3 Å². The van der Waals surface area contributed by atoms with Gasteiger partial charge in [-0.25, -0.2) is 13.4 Å². The normalized spacial score (nSPS) is 11.4. The molecule has 0 aliphatic carbocycles. The molecule has 0 spiro atoms. The topological polar surface area (TPSA) is 97.4 Å². The van der Waals surface area contributed by atoms with E-state index in [1.807, 2.05) is 24.3 Å². The molecule has 0 aliphatic rings. The maximum atomic E-state index is 12.3. The largest absolute Gasteiger partial charge is 0.494 e. The first-order chi connectivity index (χ1) is 15.0. The number of carbonyl (C=O) groups is 1. The number of amides is 1.